The number of imide groups is 1. The molecule has 3 heterocycles. The standard InChI is InChI=1S/C30H36BNO6/c1-3-8-19(15-22-12-13-23(18-33)37-22)11-14-26-27-20(4-2)16-24-28(25(27)17-31(36)38-26)30(35)32(29(24)34)21-9-6-5-7-10-21/h5-7,9-10,12-13,15,24-26,28,33,36H,3-4,8,11,14,16-18H2,1-2H3/b19-15+/t24-,25+,26-,28-/m1/s1. The number of carbonyl (C=O) groups is 2. The maximum atomic E-state index is 13.7. The van der Waals surface area contributed by atoms with Crippen molar-refractivity contribution in [1.29, 1.82) is 0 Å². The smallest absolute Gasteiger partial charge is 0.455 e. The van der Waals surface area contributed by atoms with E-state index >= 15 is 0 Å². The quantitative estimate of drug-likeness (QED) is 0.271. The van der Waals surface area contributed by atoms with Crippen LogP contribution in [-0.4, -0.2) is 35.2 Å². The Morgan fingerprint density at radius 3 is 2.55 bits per heavy atom. The summed E-state index contributed by atoms with van der Waals surface area (Å²) in [5, 5.41) is 20.1. The molecular formula is C30H36BNO6. The summed E-state index contributed by atoms with van der Waals surface area (Å²) in [7, 11) is -0.977. The zero-order chi connectivity index (χ0) is 26.8. The molecule has 2 amide bonds. The van der Waals surface area contributed by atoms with Gasteiger partial charge in [-0.25, -0.2) is 0 Å². The molecular weight excluding hydrogens is 481 g/mol. The number of rotatable bonds is 9. The van der Waals surface area contributed by atoms with Crippen molar-refractivity contribution in [1.82, 2.24) is 0 Å². The molecule has 1 aliphatic carbocycles. The van der Waals surface area contributed by atoms with Gasteiger partial charge in [0.15, 0.2) is 0 Å². The van der Waals surface area contributed by atoms with Crippen LogP contribution in [0.2, 0.25) is 6.32 Å². The lowest BCUT2D eigenvalue weighted by molar-refractivity contribution is -0.122. The summed E-state index contributed by atoms with van der Waals surface area (Å²) >= 11 is 0. The Bertz CT molecular complexity index is 1230. The fourth-order valence-corrected chi connectivity index (χ4v) is 6.60. The largest absolute Gasteiger partial charge is 0.459 e. The number of hydrogen-bond donors (Lipinski definition) is 2. The summed E-state index contributed by atoms with van der Waals surface area (Å²) in [6, 6.07) is 12.8. The molecule has 0 bridgehead atoms. The molecule has 3 aliphatic rings. The highest BCUT2D eigenvalue weighted by molar-refractivity contribution is 6.43. The lowest BCUT2D eigenvalue weighted by atomic mass is 9.58. The summed E-state index contributed by atoms with van der Waals surface area (Å²) in [6.45, 7) is 4.09. The normalized spacial score (nSPS) is 25.7. The van der Waals surface area contributed by atoms with Crippen LogP contribution in [0.5, 0.6) is 0 Å². The Morgan fingerprint density at radius 1 is 1.08 bits per heavy atom. The molecule has 7 nitrogen and oxygen atoms in total. The SMILES string of the molecule is CCC/C(=C\c1ccc(CO)o1)CC[C@H]1OB(O)C[C@H]2C1=C(CC)C[C@H]1C(=O)N(c3ccccc3)C(=O)[C@H]12. The summed E-state index contributed by atoms with van der Waals surface area (Å²) in [5.74, 6) is -0.136. The molecule has 200 valence electrons. The van der Waals surface area contributed by atoms with Crippen molar-refractivity contribution in [3.8, 4) is 0 Å². The highest BCUT2D eigenvalue weighted by Crippen LogP contribution is 2.51. The second kappa shape index (κ2) is 11.4. The predicted molar refractivity (Wildman–Crippen MR) is 146 cm³/mol. The van der Waals surface area contributed by atoms with Crippen LogP contribution in [-0.2, 0) is 20.9 Å². The van der Waals surface area contributed by atoms with Crippen LogP contribution in [0.25, 0.3) is 6.08 Å². The van der Waals surface area contributed by atoms with Gasteiger partial charge in [-0.1, -0.05) is 49.6 Å². The van der Waals surface area contributed by atoms with Gasteiger partial charge in [-0.2, -0.15) is 0 Å². The lowest BCUT2D eigenvalue weighted by Gasteiger charge is -2.43. The van der Waals surface area contributed by atoms with E-state index in [9.17, 15) is 19.7 Å². The second-order valence-corrected chi connectivity index (χ2v) is 10.6. The Kier molecular flexibility index (Phi) is 8.02. The zero-order valence-corrected chi connectivity index (χ0v) is 22.1. The molecule has 1 aromatic heterocycles. The summed E-state index contributed by atoms with van der Waals surface area (Å²) in [6.07, 6.45) is 6.70. The first-order valence-corrected chi connectivity index (χ1v) is 13.8. The molecule has 2 N–H and O–H groups in total. The van der Waals surface area contributed by atoms with Crippen molar-refractivity contribution in [2.45, 2.75) is 71.4 Å². The van der Waals surface area contributed by atoms with E-state index in [0.717, 1.165) is 31.3 Å². The average molecular weight is 517 g/mol. The molecule has 5 rings (SSSR count). The number of aliphatic hydroxyl groups is 1. The lowest BCUT2D eigenvalue weighted by Crippen LogP contribution is -2.46. The van der Waals surface area contributed by atoms with Crippen molar-refractivity contribution >= 4 is 30.7 Å². The van der Waals surface area contributed by atoms with Crippen LogP contribution >= 0.6 is 0 Å². The molecule has 0 radical (unpaired) electrons. The first-order chi connectivity index (χ1) is 18.4. The number of anilines is 1. The molecule has 2 aliphatic heterocycles. The minimum atomic E-state index is -0.977. The van der Waals surface area contributed by atoms with E-state index in [1.54, 1.807) is 18.2 Å². The highest BCUT2D eigenvalue weighted by Gasteiger charge is 2.57. The van der Waals surface area contributed by atoms with Gasteiger partial charge in [0, 0.05) is 0 Å². The number of aliphatic hydroxyl groups excluding tert-OH is 1. The molecule has 8 heteroatoms. The number of nitrogens with zero attached hydrogens (tertiary/aromatic N) is 1. The maximum absolute atomic E-state index is 13.7. The van der Waals surface area contributed by atoms with E-state index in [4.69, 9.17) is 9.07 Å². The van der Waals surface area contributed by atoms with Gasteiger partial charge in [0.2, 0.25) is 11.8 Å². The van der Waals surface area contributed by atoms with E-state index in [-0.39, 0.29) is 30.4 Å². The van der Waals surface area contributed by atoms with Gasteiger partial charge in [-0.3, -0.25) is 14.5 Å². The van der Waals surface area contributed by atoms with Crippen molar-refractivity contribution in [2.75, 3.05) is 4.90 Å². The monoisotopic (exact) mass is 517 g/mol. The maximum Gasteiger partial charge on any atom is 0.455 e. The first kappa shape index (κ1) is 26.7. The molecule has 0 saturated carbocycles. The highest BCUT2D eigenvalue weighted by atomic mass is 16.5. The molecule has 4 atom stereocenters. The van der Waals surface area contributed by atoms with Crippen molar-refractivity contribution in [2.24, 2.45) is 17.8 Å². The number of allylic oxidation sites excluding steroid dienone is 2. The molecule has 38 heavy (non-hydrogen) atoms. The average Bonchev–Trinajstić information content (AvgIpc) is 3.48. The van der Waals surface area contributed by atoms with Gasteiger partial charge >= 0.3 is 7.12 Å². The topological polar surface area (TPSA) is 100 Å². The predicted octanol–water partition coefficient (Wildman–Crippen LogP) is 5.15. The van der Waals surface area contributed by atoms with Crippen molar-refractivity contribution in [3.63, 3.8) is 0 Å². The van der Waals surface area contributed by atoms with Crippen molar-refractivity contribution in [3.05, 3.63) is 70.7 Å². The van der Waals surface area contributed by atoms with Crippen LogP contribution in [0.3, 0.4) is 0 Å². The minimum absolute atomic E-state index is 0.134. The molecule has 0 unspecified atom stereocenters. The summed E-state index contributed by atoms with van der Waals surface area (Å²) < 4.78 is 11.8. The fourth-order valence-electron chi connectivity index (χ4n) is 6.60. The van der Waals surface area contributed by atoms with Crippen LogP contribution < -0.4 is 4.90 Å². The van der Waals surface area contributed by atoms with Crippen LogP contribution in [0, 0.1) is 17.8 Å². The Hall–Kier alpha value is -2.94. The number of fused-ring (bicyclic) bond motifs is 3. The molecule has 0 spiro atoms. The van der Waals surface area contributed by atoms with E-state index < -0.39 is 19.0 Å². The van der Waals surface area contributed by atoms with Gasteiger partial charge in [-0.05, 0) is 80.3 Å². The molecule has 2 fully saturated rings. The molecule has 1 aromatic carbocycles. The van der Waals surface area contributed by atoms with Gasteiger partial charge in [0.1, 0.15) is 18.1 Å². The molecule has 2 aromatic rings. The number of carbonyl (C=O) groups excluding carboxylic acids is 2. The Balaban J connectivity index is 1.41. The van der Waals surface area contributed by atoms with Crippen LogP contribution in [0.1, 0.15) is 63.9 Å². The Morgan fingerprint density at radius 2 is 1.87 bits per heavy atom. The third kappa shape index (κ3) is 5.05. The Labute approximate surface area is 224 Å². The van der Waals surface area contributed by atoms with Crippen LogP contribution in [0.15, 0.2) is 63.6 Å². The van der Waals surface area contributed by atoms with Gasteiger partial charge in [0.25, 0.3) is 0 Å². The third-order valence-corrected chi connectivity index (χ3v) is 8.23. The number of furan rings is 1. The van der Waals surface area contributed by atoms with Gasteiger partial charge in [-0.15, -0.1) is 0 Å². The van der Waals surface area contributed by atoms with E-state index in [1.165, 1.54) is 16.0 Å². The summed E-state index contributed by atoms with van der Waals surface area (Å²) in [4.78, 5) is 28.6. The third-order valence-electron chi connectivity index (χ3n) is 8.23. The van der Waals surface area contributed by atoms with Crippen molar-refractivity contribution < 1.29 is 28.8 Å². The van der Waals surface area contributed by atoms with E-state index in [2.05, 4.69) is 13.8 Å². The number of benzene rings is 1. The minimum Gasteiger partial charge on any atom is -0.459 e. The van der Waals surface area contributed by atoms with Crippen LogP contribution in [0.4, 0.5) is 5.69 Å². The zero-order valence-electron chi connectivity index (χ0n) is 22.1. The number of hydrogen-bond acceptors (Lipinski definition) is 6. The fraction of sp³-hybridized carbons (Fsp3) is 0.467. The first-order valence-electron chi connectivity index (χ1n) is 13.8. The van der Waals surface area contributed by atoms with E-state index in [0.29, 0.717) is 36.4 Å². The van der Waals surface area contributed by atoms with Gasteiger partial charge in [0.05, 0.1) is 23.6 Å². The number of amides is 2. The molecule has 2 saturated heterocycles. The second-order valence-electron chi connectivity index (χ2n) is 10.6. The number of para-hydroxylation sites is 1. The van der Waals surface area contributed by atoms with Gasteiger partial charge < -0.3 is 19.2 Å². The summed E-state index contributed by atoms with van der Waals surface area (Å²) in [5.41, 5.74) is 4.12. The van der Waals surface area contributed by atoms with E-state index in [1.807, 2.05) is 30.3 Å².